The molecule has 142 valence electrons. The summed E-state index contributed by atoms with van der Waals surface area (Å²) >= 11 is 9.11. The maximum Gasteiger partial charge on any atom is 0.315 e. The fourth-order valence-electron chi connectivity index (χ4n) is 2.08. The van der Waals surface area contributed by atoms with Crippen molar-refractivity contribution >= 4 is 56.8 Å². The van der Waals surface area contributed by atoms with E-state index in [9.17, 15) is 14.4 Å². The Kier molecular flexibility index (Phi) is 7.63. The van der Waals surface area contributed by atoms with Crippen molar-refractivity contribution in [1.82, 2.24) is 10.6 Å². The Balaban J connectivity index is 1.69. The molecule has 0 unspecified atom stereocenters. The minimum absolute atomic E-state index is 0.222. The van der Waals surface area contributed by atoms with Gasteiger partial charge in [0.2, 0.25) is 11.8 Å². The molecule has 0 aliphatic carbocycles. The van der Waals surface area contributed by atoms with Gasteiger partial charge in [-0.3, -0.25) is 9.59 Å². The van der Waals surface area contributed by atoms with Gasteiger partial charge in [-0.15, -0.1) is 0 Å². The molecule has 0 bridgehead atoms. The van der Waals surface area contributed by atoms with Crippen LogP contribution >= 0.6 is 27.5 Å². The summed E-state index contributed by atoms with van der Waals surface area (Å²) < 4.78 is 0.910. The van der Waals surface area contributed by atoms with Crippen molar-refractivity contribution in [2.45, 2.75) is 6.92 Å². The Morgan fingerprint density at radius 2 is 1.52 bits per heavy atom. The van der Waals surface area contributed by atoms with E-state index in [1.807, 2.05) is 19.1 Å². The fourth-order valence-corrected chi connectivity index (χ4v) is 2.69. The predicted octanol–water partition coefficient (Wildman–Crippen LogP) is 3.29. The smallest absolute Gasteiger partial charge is 0.315 e. The first-order valence-corrected chi connectivity index (χ1v) is 9.13. The SMILES string of the molecule is Cc1cc(Br)ccc1NC(=O)CNC(=O)NCC(=O)Nc1ccc(Cl)cc1. The van der Waals surface area contributed by atoms with Crippen molar-refractivity contribution in [2.75, 3.05) is 23.7 Å². The highest BCUT2D eigenvalue weighted by Crippen LogP contribution is 2.19. The molecule has 0 fully saturated rings. The minimum Gasteiger partial charge on any atom is -0.329 e. The van der Waals surface area contributed by atoms with Gasteiger partial charge in [0, 0.05) is 20.9 Å². The van der Waals surface area contributed by atoms with E-state index in [1.165, 1.54) is 0 Å². The van der Waals surface area contributed by atoms with E-state index in [0.29, 0.717) is 16.4 Å². The lowest BCUT2D eigenvalue weighted by Gasteiger charge is -2.10. The zero-order chi connectivity index (χ0) is 19.8. The van der Waals surface area contributed by atoms with Gasteiger partial charge in [-0.05, 0) is 55.0 Å². The highest BCUT2D eigenvalue weighted by atomic mass is 79.9. The van der Waals surface area contributed by atoms with E-state index in [-0.39, 0.29) is 19.0 Å². The lowest BCUT2D eigenvalue weighted by atomic mass is 10.2. The number of carbonyl (C=O) groups excluding carboxylic acids is 3. The molecule has 2 aromatic rings. The van der Waals surface area contributed by atoms with Crippen LogP contribution in [0.3, 0.4) is 0 Å². The summed E-state index contributed by atoms with van der Waals surface area (Å²) in [6.07, 6.45) is 0. The van der Waals surface area contributed by atoms with Crippen LogP contribution in [0.15, 0.2) is 46.9 Å². The molecule has 9 heteroatoms. The van der Waals surface area contributed by atoms with Crippen LogP contribution < -0.4 is 21.3 Å². The highest BCUT2D eigenvalue weighted by Gasteiger charge is 2.09. The van der Waals surface area contributed by atoms with Crippen LogP contribution in [0.25, 0.3) is 0 Å². The van der Waals surface area contributed by atoms with Crippen LogP contribution in [0, 0.1) is 6.92 Å². The Hall–Kier alpha value is -2.58. The van der Waals surface area contributed by atoms with Crippen molar-refractivity contribution in [3.63, 3.8) is 0 Å². The molecule has 4 N–H and O–H groups in total. The van der Waals surface area contributed by atoms with Gasteiger partial charge in [-0.1, -0.05) is 27.5 Å². The molecule has 0 aliphatic heterocycles. The molecular weight excluding hydrogens is 436 g/mol. The standard InChI is InChI=1S/C18H18BrClN4O3/c1-11-8-12(19)2-7-15(11)24-17(26)10-22-18(27)21-9-16(25)23-14-5-3-13(20)4-6-14/h2-8H,9-10H2,1H3,(H,23,25)(H,24,26)(H2,21,22,27). The van der Waals surface area contributed by atoms with E-state index in [1.54, 1.807) is 30.3 Å². The highest BCUT2D eigenvalue weighted by molar-refractivity contribution is 9.10. The number of nitrogens with one attached hydrogen (secondary N) is 4. The van der Waals surface area contributed by atoms with E-state index in [2.05, 4.69) is 37.2 Å². The van der Waals surface area contributed by atoms with Gasteiger partial charge in [-0.25, -0.2) is 4.79 Å². The number of anilines is 2. The molecule has 27 heavy (non-hydrogen) atoms. The largest absolute Gasteiger partial charge is 0.329 e. The number of halogens is 2. The number of amides is 4. The van der Waals surface area contributed by atoms with E-state index >= 15 is 0 Å². The number of urea groups is 1. The monoisotopic (exact) mass is 452 g/mol. The Morgan fingerprint density at radius 1 is 0.926 bits per heavy atom. The van der Waals surface area contributed by atoms with Crippen LogP contribution in [0.4, 0.5) is 16.2 Å². The van der Waals surface area contributed by atoms with Crippen LogP contribution in [0.5, 0.6) is 0 Å². The maximum atomic E-state index is 11.9. The summed E-state index contributed by atoms with van der Waals surface area (Å²) in [5, 5.41) is 10.6. The topological polar surface area (TPSA) is 99.3 Å². The third-order valence-electron chi connectivity index (χ3n) is 3.41. The zero-order valence-electron chi connectivity index (χ0n) is 14.4. The second-order valence-electron chi connectivity index (χ2n) is 5.60. The number of hydrogen-bond donors (Lipinski definition) is 4. The average molecular weight is 454 g/mol. The van der Waals surface area contributed by atoms with Crippen molar-refractivity contribution in [1.29, 1.82) is 0 Å². The lowest BCUT2D eigenvalue weighted by molar-refractivity contribution is -0.115. The van der Waals surface area contributed by atoms with Crippen molar-refractivity contribution in [3.8, 4) is 0 Å². The molecule has 0 saturated heterocycles. The van der Waals surface area contributed by atoms with Gasteiger partial charge < -0.3 is 21.3 Å². The van der Waals surface area contributed by atoms with Gasteiger partial charge in [-0.2, -0.15) is 0 Å². The van der Waals surface area contributed by atoms with Crippen LogP contribution in [0.1, 0.15) is 5.56 Å². The second kappa shape index (κ2) is 9.94. The average Bonchev–Trinajstić information content (AvgIpc) is 2.62. The van der Waals surface area contributed by atoms with Gasteiger partial charge in [0.05, 0.1) is 13.1 Å². The molecule has 0 spiro atoms. The summed E-state index contributed by atoms with van der Waals surface area (Å²) in [5.74, 6) is -0.774. The van der Waals surface area contributed by atoms with Crippen molar-refractivity contribution < 1.29 is 14.4 Å². The second-order valence-corrected chi connectivity index (χ2v) is 6.95. The van der Waals surface area contributed by atoms with Crippen LogP contribution in [-0.4, -0.2) is 30.9 Å². The predicted molar refractivity (Wildman–Crippen MR) is 109 cm³/mol. The zero-order valence-corrected chi connectivity index (χ0v) is 16.8. The molecule has 0 atom stereocenters. The lowest BCUT2D eigenvalue weighted by Crippen LogP contribution is -2.43. The van der Waals surface area contributed by atoms with Crippen LogP contribution in [-0.2, 0) is 9.59 Å². The molecule has 0 heterocycles. The molecule has 0 aliphatic rings. The summed E-state index contributed by atoms with van der Waals surface area (Å²) in [6.45, 7) is 1.40. The quantitative estimate of drug-likeness (QED) is 0.540. The number of carbonyl (C=O) groups is 3. The Bertz CT molecular complexity index is 843. The summed E-state index contributed by atoms with van der Waals surface area (Å²) in [4.78, 5) is 35.4. The first-order chi connectivity index (χ1) is 12.8. The number of benzene rings is 2. The molecule has 0 saturated carbocycles. The Morgan fingerprint density at radius 3 is 2.11 bits per heavy atom. The van der Waals surface area contributed by atoms with E-state index < -0.39 is 11.9 Å². The van der Waals surface area contributed by atoms with Crippen LogP contribution in [0.2, 0.25) is 5.02 Å². The van der Waals surface area contributed by atoms with E-state index in [4.69, 9.17) is 11.6 Å². The molecular formula is C18H18BrClN4O3. The van der Waals surface area contributed by atoms with Crippen molar-refractivity contribution in [2.24, 2.45) is 0 Å². The fraction of sp³-hybridized carbons (Fsp3) is 0.167. The first-order valence-electron chi connectivity index (χ1n) is 7.96. The summed E-state index contributed by atoms with van der Waals surface area (Å²) in [6, 6.07) is 11.4. The molecule has 0 radical (unpaired) electrons. The third kappa shape index (κ3) is 7.28. The molecule has 0 aromatic heterocycles. The number of aryl methyl sites for hydroxylation is 1. The summed E-state index contributed by atoms with van der Waals surface area (Å²) in [7, 11) is 0. The van der Waals surface area contributed by atoms with Gasteiger partial charge in [0.1, 0.15) is 0 Å². The molecule has 2 aromatic carbocycles. The summed E-state index contributed by atoms with van der Waals surface area (Å²) in [5.41, 5.74) is 2.12. The first kappa shape index (κ1) is 20.7. The molecule has 2 rings (SSSR count). The minimum atomic E-state index is -0.621. The molecule has 4 amide bonds. The number of rotatable bonds is 6. The number of hydrogen-bond acceptors (Lipinski definition) is 3. The third-order valence-corrected chi connectivity index (χ3v) is 4.15. The van der Waals surface area contributed by atoms with Gasteiger partial charge in [0.15, 0.2) is 0 Å². The van der Waals surface area contributed by atoms with Gasteiger partial charge >= 0.3 is 6.03 Å². The Labute approximate surface area is 170 Å². The maximum absolute atomic E-state index is 11.9. The van der Waals surface area contributed by atoms with Gasteiger partial charge in [0.25, 0.3) is 0 Å². The molecule has 7 nitrogen and oxygen atoms in total. The van der Waals surface area contributed by atoms with Crippen molar-refractivity contribution in [3.05, 3.63) is 57.5 Å². The van der Waals surface area contributed by atoms with E-state index in [0.717, 1.165) is 10.0 Å². The normalized spacial score (nSPS) is 10.0.